The lowest BCUT2D eigenvalue weighted by atomic mass is 10.1. The van der Waals surface area contributed by atoms with E-state index in [4.69, 9.17) is 4.74 Å². The molecule has 2 fully saturated rings. The Morgan fingerprint density at radius 1 is 1.10 bits per heavy atom. The summed E-state index contributed by atoms with van der Waals surface area (Å²) in [6.45, 7) is 2.49. The van der Waals surface area contributed by atoms with Crippen LogP contribution in [0.15, 0.2) is 54.2 Å². The summed E-state index contributed by atoms with van der Waals surface area (Å²) >= 11 is 0. The monoisotopic (exact) mass is 424 g/mol. The minimum absolute atomic E-state index is 0.0179. The molecule has 4 amide bonds. The number of para-hydroxylation sites is 1. The van der Waals surface area contributed by atoms with Crippen molar-refractivity contribution in [3.8, 4) is 0 Å². The van der Waals surface area contributed by atoms with E-state index in [-0.39, 0.29) is 11.4 Å². The number of hydrogen-bond acceptors (Lipinski definition) is 5. The highest BCUT2D eigenvalue weighted by atomic mass is 19.1. The standard InChI is InChI=1S/C22H21FN4O4/c23-17-3-1-2-4-18(17)24-20(28)14-27-21(29)19(25-22(27)30)13-15-5-7-16(8-6-15)26-9-11-31-12-10-26/h1-8,13H,9-12,14H2,(H,24,28)(H,25,30)/b19-13-. The lowest BCUT2D eigenvalue weighted by Crippen LogP contribution is -2.38. The van der Waals surface area contributed by atoms with Crippen molar-refractivity contribution in [3.05, 3.63) is 65.6 Å². The fraction of sp³-hybridized carbons (Fsp3) is 0.227. The summed E-state index contributed by atoms with van der Waals surface area (Å²) in [6.07, 6.45) is 1.55. The molecule has 4 rings (SSSR count). The molecule has 0 bridgehead atoms. The zero-order valence-corrected chi connectivity index (χ0v) is 16.6. The molecular formula is C22H21FN4O4. The third-order valence-electron chi connectivity index (χ3n) is 4.99. The van der Waals surface area contributed by atoms with Crippen LogP contribution < -0.4 is 15.5 Å². The molecule has 0 aliphatic carbocycles. The number of benzene rings is 2. The summed E-state index contributed by atoms with van der Waals surface area (Å²) in [5.74, 6) is -1.90. The number of rotatable bonds is 5. The lowest BCUT2D eigenvalue weighted by Gasteiger charge is -2.28. The van der Waals surface area contributed by atoms with Gasteiger partial charge in [-0.05, 0) is 35.9 Å². The maximum Gasteiger partial charge on any atom is 0.329 e. The summed E-state index contributed by atoms with van der Waals surface area (Å²) in [4.78, 5) is 39.9. The van der Waals surface area contributed by atoms with Crippen molar-refractivity contribution in [2.24, 2.45) is 0 Å². The third kappa shape index (κ3) is 4.72. The van der Waals surface area contributed by atoms with Crippen molar-refractivity contribution < 1.29 is 23.5 Å². The van der Waals surface area contributed by atoms with Gasteiger partial charge in [0.25, 0.3) is 5.91 Å². The summed E-state index contributed by atoms with van der Waals surface area (Å²) in [6, 6.07) is 12.5. The smallest absolute Gasteiger partial charge is 0.329 e. The molecule has 0 saturated carbocycles. The average Bonchev–Trinajstić information content (AvgIpc) is 3.04. The Balaban J connectivity index is 1.41. The first-order valence-corrected chi connectivity index (χ1v) is 9.83. The Labute approximate surface area is 178 Å². The molecule has 0 unspecified atom stereocenters. The van der Waals surface area contributed by atoms with Crippen LogP contribution in [0.3, 0.4) is 0 Å². The highest BCUT2D eigenvalue weighted by Gasteiger charge is 2.35. The molecule has 2 aliphatic rings. The van der Waals surface area contributed by atoms with Crippen molar-refractivity contribution in [2.75, 3.05) is 43.1 Å². The number of nitrogens with one attached hydrogen (secondary N) is 2. The van der Waals surface area contributed by atoms with Gasteiger partial charge in [0, 0.05) is 18.8 Å². The van der Waals surface area contributed by atoms with Crippen molar-refractivity contribution in [1.29, 1.82) is 0 Å². The van der Waals surface area contributed by atoms with Crippen molar-refractivity contribution in [2.45, 2.75) is 0 Å². The Bertz CT molecular complexity index is 1030. The average molecular weight is 424 g/mol. The number of carbonyl (C=O) groups excluding carboxylic acids is 3. The van der Waals surface area contributed by atoms with E-state index in [1.165, 1.54) is 18.2 Å². The van der Waals surface area contributed by atoms with E-state index in [2.05, 4.69) is 15.5 Å². The second-order valence-corrected chi connectivity index (χ2v) is 7.10. The number of carbonyl (C=O) groups is 3. The van der Waals surface area contributed by atoms with Gasteiger partial charge in [0.1, 0.15) is 18.1 Å². The molecular weight excluding hydrogens is 403 g/mol. The van der Waals surface area contributed by atoms with Crippen LogP contribution in [0, 0.1) is 5.82 Å². The van der Waals surface area contributed by atoms with Gasteiger partial charge in [-0.1, -0.05) is 24.3 Å². The minimum Gasteiger partial charge on any atom is -0.378 e. The molecule has 0 aromatic heterocycles. The lowest BCUT2D eigenvalue weighted by molar-refractivity contribution is -0.127. The van der Waals surface area contributed by atoms with E-state index in [1.807, 2.05) is 24.3 Å². The summed E-state index contributed by atoms with van der Waals surface area (Å²) in [5, 5.41) is 4.84. The van der Waals surface area contributed by atoms with Gasteiger partial charge in [-0.3, -0.25) is 9.59 Å². The van der Waals surface area contributed by atoms with Crippen LogP contribution in [0.25, 0.3) is 6.08 Å². The van der Waals surface area contributed by atoms with Crippen molar-refractivity contribution >= 4 is 35.3 Å². The van der Waals surface area contributed by atoms with E-state index in [0.29, 0.717) is 13.2 Å². The van der Waals surface area contributed by atoms with E-state index < -0.39 is 30.2 Å². The summed E-state index contributed by atoms with van der Waals surface area (Å²) < 4.78 is 19.0. The minimum atomic E-state index is -0.704. The molecule has 9 heteroatoms. The first-order valence-electron chi connectivity index (χ1n) is 9.83. The first-order chi connectivity index (χ1) is 15.0. The molecule has 2 aliphatic heterocycles. The first kappa shape index (κ1) is 20.5. The summed E-state index contributed by atoms with van der Waals surface area (Å²) in [7, 11) is 0. The molecule has 0 spiro atoms. The quantitative estimate of drug-likeness (QED) is 0.567. The molecule has 0 atom stereocenters. The van der Waals surface area contributed by atoms with Crippen LogP contribution in [0.5, 0.6) is 0 Å². The number of anilines is 2. The van der Waals surface area contributed by atoms with Crippen LogP contribution in [-0.4, -0.2) is 55.6 Å². The summed E-state index contributed by atoms with van der Waals surface area (Å²) in [5.41, 5.74) is 1.84. The molecule has 2 aromatic carbocycles. The fourth-order valence-corrected chi connectivity index (χ4v) is 3.38. The Morgan fingerprint density at radius 2 is 1.81 bits per heavy atom. The molecule has 2 aromatic rings. The van der Waals surface area contributed by atoms with Gasteiger partial charge >= 0.3 is 6.03 Å². The van der Waals surface area contributed by atoms with Gasteiger partial charge < -0.3 is 20.3 Å². The second-order valence-electron chi connectivity index (χ2n) is 7.10. The zero-order chi connectivity index (χ0) is 21.8. The molecule has 0 radical (unpaired) electrons. The van der Waals surface area contributed by atoms with Crippen LogP contribution >= 0.6 is 0 Å². The van der Waals surface area contributed by atoms with E-state index in [0.717, 1.165) is 29.2 Å². The highest BCUT2D eigenvalue weighted by molar-refractivity contribution is 6.15. The number of ether oxygens (including phenoxy) is 1. The van der Waals surface area contributed by atoms with Crippen LogP contribution in [-0.2, 0) is 14.3 Å². The SMILES string of the molecule is O=C(CN1C(=O)N/C(=C\c2ccc(N3CCOCC3)cc2)C1=O)Nc1ccccc1F. The molecule has 31 heavy (non-hydrogen) atoms. The number of halogens is 1. The van der Waals surface area contributed by atoms with Gasteiger partial charge in [-0.15, -0.1) is 0 Å². The highest BCUT2D eigenvalue weighted by Crippen LogP contribution is 2.20. The number of imide groups is 1. The molecule has 2 heterocycles. The molecule has 160 valence electrons. The number of amides is 4. The number of hydrogen-bond donors (Lipinski definition) is 2. The van der Waals surface area contributed by atoms with E-state index >= 15 is 0 Å². The fourth-order valence-electron chi connectivity index (χ4n) is 3.38. The largest absolute Gasteiger partial charge is 0.378 e. The Morgan fingerprint density at radius 3 is 2.52 bits per heavy atom. The van der Waals surface area contributed by atoms with Crippen molar-refractivity contribution in [3.63, 3.8) is 0 Å². The second kappa shape index (κ2) is 8.97. The van der Waals surface area contributed by atoms with Crippen LogP contribution in [0.2, 0.25) is 0 Å². The van der Waals surface area contributed by atoms with Gasteiger partial charge in [0.05, 0.1) is 18.9 Å². The maximum absolute atomic E-state index is 13.7. The van der Waals surface area contributed by atoms with E-state index in [9.17, 15) is 18.8 Å². The molecule has 8 nitrogen and oxygen atoms in total. The van der Waals surface area contributed by atoms with Crippen LogP contribution in [0.1, 0.15) is 5.56 Å². The predicted molar refractivity (Wildman–Crippen MR) is 113 cm³/mol. The van der Waals surface area contributed by atoms with Gasteiger partial charge in [-0.25, -0.2) is 14.1 Å². The Hall–Kier alpha value is -3.72. The third-order valence-corrected chi connectivity index (χ3v) is 4.99. The Kier molecular flexibility index (Phi) is 5.94. The normalized spacial score (nSPS) is 17.8. The molecule has 2 saturated heterocycles. The predicted octanol–water partition coefficient (Wildman–Crippen LogP) is 2.19. The number of urea groups is 1. The van der Waals surface area contributed by atoms with E-state index in [1.54, 1.807) is 12.1 Å². The zero-order valence-electron chi connectivity index (χ0n) is 16.6. The number of morpholine rings is 1. The maximum atomic E-state index is 13.7. The topological polar surface area (TPSA) is 91.0 Å². The molecule has 2 N–H and O–H groups in total. The van der Waals surface area contributed by atoms with Gasteiger partial charge in [0.2, 0.25) is 5.91 Å². The van der Waals surface area contributed by atoms with Crippen molar-refractivity contribution in [1.82, 2.24) is 10.2 Å². The van der Waals surface area contributed by atoms with Gasteiger partial charge in [0.15, 0.2) is 0 Å². The van der Waals surface area contributed by atoms with Crippen LogP contribution in [0.4, 0.5) is 20.6 Å². The van der Waals surface area contributed by atoms with Gasteiger partial charge in [-0.2, -0.15) is 0 Å². The number of nitrogens with zero attached hydrogens (tertiary/aromatic N) is 2.